The summed E-state index contributed by atoms with van der Waals surface area (Å²) in [6.45, 7) is 0. The predicted octanol–water partition coefficient (Wildman–Crippen LogP) is 7.91. The van der Waals surface area contributed by atoms with Gasteiger partial charge in [0, 0.05) is 26.0 Å². The Balaban J connectivity index is 1.43. The first-order chi connectivity index (χ1) is 21.2. The van der Waals surface area contributed by atoms with Crippen LogP contribution in [0.1, 0.15) is 26.4 Å². The molecule has 0 unspecified atom stereocenters. The van der Waals surface area contributed by atoms with Gasteiger partial charge in [-0.3, -0.25) is 4.79 Å². The Labute approximate surface area is 270 Å². The van der Waals surface area contributed by atoms with E-state index in [-0.39, 0.29) is 17.0 Å². The van der Waals surface area contributed by atoms with Gasteiger partial charge in [-0.1, -0.05) is 69.5 Å². The number of methoxy groups -OCH3 is 3. The van der Waals surface area contributed by atoms with Crippen molar-refractivity contribution in [2.24, 2.45) is 5.10 Å². The highest BCUT2D eigenvalue weighted by atomic mass is 79.9. The fourth-order valence-corrected chi connectivity index (χ4v) is 5.50. The van der Waals surface area contributed by atoms with Crippen molar-refractivity contribution in [3.05, 3.63) is 104 Å². The minimum Gasteiger partial charge on any atom is -0.493 e. The van der Waals surface area contributed by atoms with Gasteiger partial charge in [-0.25, -0.2) is 10.2 Å². The standard InChI is InChI=1S/C32H24BrCl2N3O6/c1-41-25-12-18(13-26(42-2)30(25)43-3)32(40)44-24-10-9-20(33)11-19(24)16-36-38-31(39)29-27(17-7-5-4-6-8-17)22-14-21(34)15-23(35)28(22)37-29/h4-16,37H,1-3H3,(H,38,39). The number of halogens is 3. The minimum atomic E-state index is -0.675. The number of carbonyl (C=O) groups is 2. The van der Waals surface area contributed by atoms with Crippen LogP contribution in [0.3, 0.4) is 0 Å². The third-order valence-electron chi connectivity index (χ3n) is 6.56. The molecule has 0 saturated carbocycles. The lowest BCUT2D eigenvalue weighted by Gasteiger charge is -2.14. The van der Waals surface area contributed by atoms with Gasteiger partial charge in [0.25, 0.3) is 5.91 Å². The Bertz CT molecular complexity index is 1880. The highest BCUT2D eigenvalue weighted by Crippen LogP contribution is 2.39. The third kappa shape index (κ3) is 6.37. The molecule has 44 heavy (non-hydrogen) atoms. The van der Waals surface area contributed by atoms with Crippen molar-refractivity contribution in [1.82, 2.24) is 10.4 Å². The zero-order chi connectivity index (χ0) is 31.4. The number of nitrogens with zero attached hydrogens (tertiary/aromatic N) is 1. The topological polar surface area (TPSA) is 111 Å². The summed E-state index contributed by atoms with van der Waals surface area (Å²) in [5.41, 5.74) is 5.36. The average Bonchev–Trinajstić information content (AvgIpc) is 3.41. The predicted molar refractivity (Wildman–Crippen MR) is 174 cm³/mol. The van der Waals surface area contributed by atoms with Gasteiger partial charge in [0.05, 0.1) is 43.6 Å². The summed E-state index contributed by atoms with van der Waals surface area (Å²) in [6.07, 6.45) is 1.37. The van der Waals surface area contributed by atoms with E-state index >= 15 is 0 Å². The summed E-state index contributed by atoms with van der Waals surface area (Å²) in [6, 6.07) is 20.7. The summed E-state index contributed by atoms with van der Waals surface area (Å²) in [5, 5.41) is 5.65. The van der Waals surface area contributed by atoms with Crippen LogP contribution in [-0.4, -0.2) is 44.4 Å². The number of aromatic amines is 1. The maximum absolute atomic E-state index is 13.4. The molecule has 2 N–H and O–H groups in total. The van der Waals surface area contributed by atoms with E-state index in [9.17, 15) is 9.59 Å². The number of esters is 1. The number of nitrogens with one attached hydrogen (secondary N) is 2. The molecule has 224 valence electrons. The van der Waals surface area contributed by atoms with Crippen molar-refractivity contribution in [1.29, 1.82) is 0 Å². The lowest BCUT2D eigenvalue weighted by atomic mass is 10.0. The first-order valence-electron chi connectivity index (χ1n) is 12.9. The quantitative estimate of drug-likeness (QED) is 0.0701. The molecule has 0 aliphatic carbocycles. The maximum atomic E-state index is 13.4. The molecule has 1 aromatic heterocycles. The van der Waals surface area contributed by atoms with Crippen molar-refractivity contribution < 1.29 is 28.5 Å². The van der Waals surface area contributed by atoms with Crippen LogP contribution >= 0.6 is 39.1 Å². The zero-order valence-corrected chi connectivity index (χ0v) is 26.6. The minimum absolute atomic E-state index is 0.171. The van der Waals surface area contributed by atoms with Gasteiger partial charge in [-0.05, 0) is 48.0 Å². The normalized spacial score (nSPS) is 11.0. The SMILES string of the molecule is COc1cc(C(=O)Oc2ccc(Br)cc2C=NNC(=O)c2[nH]c3c(Cl)cc(Cl)cc3c2-c2ccccc2)cc(OC)c1OC. The molecule has 0 spiro atoms. The number of hydrogen-bond donors (Lipinski definition) is 2. The van der Waals surface area contributed by atoms with E-state index < -0.39 is 11.9 Å². The number of H-pyrrole nitrogens is 1. The van der Waals surface area contributed by atoms with Crippen LogP contribution in [0.2, 0.25) is 10.0 Å². The van der Waals surface area contributed by atoms with E-state index in [4.69, 9.17) is 42.1 Å². The molecule has 5 rings (SSSR count). The molecule has 0 radical (unpaired) electrons. The van der Waals surface area contributed by atoms with Crippen molar-refractivity contribution in [2.45, 2.75) is 0 Å². The van der Waals surface area contributed by atoms with E-state index in [1.54, 1.807) is 30.3 Å². The molecule has 0 aliphatic rings. The van der Waals surface area contributed by atoms with E-state index in [0.717, 1.165) is 5.56 Å². The van der Waals surface area contributed by atoms with E-state index in [0.29, 0.717) is 53.8 Å². The molecule has 0 aliphatic heterocycles. The summed E-state index contributed by atoms with van der Waals surface area (Å²) >= 11 is 16.2. The number of benzene rings is 4. The van der Waals surface area contributed by atoms with Crippen molar-refractivity contribution in [3.63, 3.8) is 0 Å². The number of amides is 1. The van der Waals surface area contributed by atoms with Crippen LogP contribution in [0.15, 0.2) is 82.4 Å². The molecule has 0 fully saturated rings. The second kappa shape index (κ2) is 13.4. The van der Waals surface area contributed by atoms with Gasteiger partial charge in [0.2, 0.25) is 5.75 Å². The molecule has 12 heteroatoms. The van der Waals surface area contributed by atoms with Crippen molar-refractivity contribution >= 4 is 68.1 Å². The van der Waals surface area contributed by atoms with Crippen LogP contribution < -0.4 is 24.4 Å². The average molecular weight is 697 g/mol. The highest BCUT2D eigenvalue weighted by molar-refractivity contribution is 9.10. The summed E-state index contributed by atoms with van der Waals surface area (Å²) in [5.74, 6) is -0.0543. The summed E-state index contributed by atoms with van der Waals surface area (Å²) in [7, 11) is 4.37. The van der Waals surface area contributed by atoms with Gasteiger partial charge in [-0.15, -0.1) is 0 Å². The Kier molecular flexibility index (Phi) is 9.43. The molecule has 1 amide bonds. The summed E-state index contributed by atoms with van der Waals surface area (Å²) in [4.78, 5) is 29.7. The van der Waals surface area contributed by atoms with Gasteiger partial charge in [-0.2, -0.15) is 5.10 Å². The molecular formula is C32H24BrCl2N3O6. The van der Waals surface area contributed by atoms with Gasteiger partial charge >= 0.3 is 5.97 Å². The first kappa shape index (κ1) is 30.9. The van der Waals surface area contributed by atoms with Crippen molar-refractivity contribution in [2.75, 3.05) is 21.3 Å². The largest absolute Gasteiger partial charge is 0.493 e. The number of hydrogen-bond acceptors (Lipinski definition) is 7. The number of aromatic nitrogens is 1. The molecular weight excluding hydrogens is 673 g/mol. The molecule has 5 aromatic rings. The van der Waals surface area contributed by atoms with Gasteiger partial charge < -0.3 is 23.9 Å². The number of hydrazone groups is 1. The Morgan fingerprint density at radius 2 is 1.59 bits per heavy atom. The fourth-order valence-electron chi connectivity index (χ4n) is 4.58. The van der Waals surface area contributed by atoms with Crippen LogP contribution in [-0.2, 0) is 0 Å². The Morgan fingerprint density at radius 1 is 0.886 bits per heavy atom. The second-order valence-corrected chi connectivity index (χ2v) is 11.0. The molecule has 1 heterocycles. The van der Waals surface area contributed by atoms with Gasteiger partial charge in [0.1, 0.15) is 11.4 Å². The second-order valence-electron chi connectivity index (χ2n) is 9.24. The van der Waals surface area contributed by atoms with Crippen molar-refractivity contribution in [3.8, 4) is 34.1 Å². The molecule has 0 atom stereocenters. The van der Waals surface area contributed by atoms with E-state index in [1.165, 1.54) is 39.7 Å². The Hall–Kier alpha value is -4.51. The number of rotatable bonds is 9. The maximum Gasteiger partial charge on any atom is 0.343 e. The lowest BCUT2D eigenvalue weighted by molar-refractivity contribution is 0.0733. The fraction of sp³-hybridized carbons (Fsp3) is 0.0938. The number of ether oxygens (including phenoxy) is 4. The molecule has 9 nitrogen and oxygen atoms in total. The van der Waals surface area contributed by atoms with Gasteiger partial charge in [0.15, 0.2) is 11.5 Å². The lowest BCUT2D eigenvalue weighted by Crippen LogP contribution is -2.19. The molecule has 0 bridgehead atoms. The third-order valence-corrected chi connectivity index (χ3v) is 7.57. The van der Waals surface area contributed by atoms with Crippen LogP contribution in [0.25, 0.3) is 22.0 Å². The Morgan fingerprint density at radius 3 is 2.25 bits per heavy atom. The zero-order valence-electron chi connectivity index (χ0n) is 23.5. The first-order valence-corrected chi connectivity index (χ1v) is 14.5. The highest BCUT2D eigenvalue weighted by Gasteiger charge is 2.22. The number of carbonyl (C=O) groups excluding carboxylic acids is 2. The van der Waals surface area contributed by atoms with Crippen LogP contribution in [0.4, 0.5) is 0 Å². The van der Waals surface area contributed by atoms with Crippen LogP contribution in [0, 0.1) is 0 Å². The molecule has 4 aromatic carbocycles. The smallest absolute Gasteiger partial charge is 0.343 e. The van der Waals surface area contributed by atoms with Crippen LogP contribution in [0.5, 0.6) is 23.0 Å². The molecule has 0 saturated heterocycles. The van der Waals surface area contributed by atoms with E-state index in [1.807, 2.05) is 30.3 Å². The van der Waals surface area contributed by atoms with E-state index in [2.05, 4.69) is 31.4 Å². The monoisotopic (exact) mass is 695 g/mol. The number of fused-ring (bicyclic) bond motifs is 1. The summed E-state index contributed by atoms with van der Waals surface area (Å²) < 4.78 is 22.4.